The fourth-order valence-corrected chi connectivity index (χ4v) is 1.48. The van der Waals surface area contributed by atoms with Crippen molar-refractivity contribution >= 4 is 27.8 Å². The molecule has 0 saturated carbocycles. The lowest BCUT2D eigenvalue weighted by atomic mass is 10.2. The number of hydrogen-bond donors (Lipinski definition) is 0. The molecule has 1 heterocycles. The van der Waals surface area contributed by atoms with Crippen molar-refractivity contribution in [2.75, 3.05) is 6.26 Å². The minimum Gasteiger partial charge on any atom is -0.452 e. The Kier molecular flexibility index (Phi) is 2.10. The van der Waals surface area contributed by atoms with Crippen LogP contribution in [0.3, 0.4) is 0 Å². The van der Waals surface area contributed by atoms with Gasteiger partial charge in [0.1, 0.15) is 5.58 Å². The van der Waals surface area contributed by atoms with Crippen molar-refractivity contribution in [2.45, 2.75) is 0 Å². The Balaban J connectivity index is 2.56. The maximum atomic E-state index is 11.3. The van der Waals surface area contributed by atoms with Gasteiger partial charge in [-0.05, 0) is 18.4 Å². The van der Waals surface area contributed by atoms with Crippen molar-refractivity contribution in [2.24, 2.45) is 0 Å². The molecule has 1 aromatic carbocycles. The van der Waals surface area contributed by atoms with Crippen LogP contribution in [-0.4, -0.2) is 11.4 Å². The minimum absolute atomic E-state index is 0.0313. The van der Waals surface area contributed by atoms with Crippen LogP contribution in [0, 0.1) is 0 Å². The van der Waals surface area contributed by atoms with Gasteiger partial charge in [0.2, 0.25) is 0 Å². The monoisotopic (exact) mass is 192 g/mol. The number of hydrogen-bond acceptors (Lipinski definition) is 3. The maximum Gasteiger partial charge on any atom is 0.254 e. The normalized spacial score (nSPS) is 10.5. The summed E-state index contributed by atoms with van der Waals surface area (Å²) in [5.41, 5.74) is 0.764. The molecule has 0 amide bonds. The van der Waals surface area contributed by atoms with Crippen LogP contribution in [-0.2, 0) is 0 Å². The molecule has 0 aliphatic heterocycles. The Hall–Kier alpha value is -1.22. The Bertz CT molecular complexity index is 412. The standard InChI is InChI=1S/C10H8O2S/c1-13-10(11)9-6-7-4-2-3-5-8(7)12-9/h2-6H,1H3. The summed E-state index contributed by atoms with van der Waals surface area (Å²) in [5.74, 6) is 0.425. The third kappa shape index (κ3) is 1.47. The molecular formula is C10H8O2S. The Morgan fingerprint density at radius 2 is 2.15 bits per heavy atom. The van der Waals surface area contributed by atoms with Gasteiger partial charge in [-0.1, -0.05) is 30.0 Å². The molecule has 3 heteroatoms. The van der Waals surface area contributed by atoms with E-state index >= 15 is 0 Å². The second kappa shape index (κ2) is 3.26. The Morgan fingerprint density at radius 1 is 1.38 bits per heavy atom. The van der Waals surface area contributed by atoms with E-state index in [1.54, 1.807) is 12.3 Å². The van der Waals surface area contributed by atoms with Crippen molar-refractivity contribution in [3.05, 3.63) is 36.1 Å². The van der Waals surface area contributed by atoms with Crippen molar-refractivity contribution < 1.29 is 9.21 Å². The second-order valence-corrected chi connectivity index (χ2v) is 3.42. The van der Waals surface area contributed by atoms with Gasteiger partial charge in [0.05, 0.1) is 0 Å². The van der Waals surface area contributed by atoms with Gasteiger partial charge in [0.15, 0.2) is 5.76 Å². The summed E-state index contributed by atoms with van der Waals surface area (Å²) in [7, 11) is 0. The Morgan fingerprint density at radius 3 is 2.85 bits per heavy atom. The SMILES string of the molecule is CSC(=O)c1cc2ccccc2o1. The van der Waals surface area contributed by atoms with E-state index in [2.05, 4.69) is 0 Å². The van der Waals surface area contributed by atoms with E-state index in [9.17, 15) is 4.79 Å². The van der Waals surface area contributed by atoms with Crippen LogP contribution >= 0.6 is 11.8 Å². The first kappa shape index (κ1) is 8.38. The summed E-state index contributed by atoms with van der Waals surface area (Å²) in [6.07, 6.45) is 1.75. The van der Waals surface area contributed by atoms with Crippen LogP contribution in [0.1, 0.15) is 10.6 Å². The van der Waals surface area contributed by atoms with E-state index in [0.29, 0.717) is 5.76 Å². The molecule has 2 aromatic rings. The highest BCUT2D eigenvalue weighted by Crippen LogP contribution is 2.21. The number of thioether (sulfide) groups is 1. The van der Waals surface area contributed by atoms with E-state index in [0.717, 1.165) is 22.7 Å². The quantitative estimate of drug-likeness (QED) is 0.695. The van der Waals surface area contributed by atoms with Gasteiger partial charge < -0.3 is 4.42 Å². The fourth-order valence-electron chi connectivity index (χ4n) is 1.18. The highest BCUT2D eigenvalue weighted by Gasteiger charge is 2.09. The molecule has 0 bridgehead atoms. The predicted molar refractivity (Wildman–Crippen MR) is 54.1 cm³/mol. The topological polar surface area (TPSA) is 30.2 Å². The van der Waals surface area contributed by atoms with Gasteiger partial charge in [-0.15, -0.1) is 0 Å². The van der Waals surface area contributed by atoms with Crippen molar-refractivity contribution in [1.82, 2.24) is 0 Å². The molecule has 0 fully saturated rings. The molecule has 1 aromatic heterocycles. The number of para-hydroxylation sites is 1. The average molecular weight is 192 g/mol. The third-order valence-electron chi connectivity index (χ3n) is 1.81. The predicted octanol–water partition coefficient (Wildman–Crippen LogP) is 2.94. The van der Waals surface area contributed by atoms with E-state index in [4.69, 9.17) is 4.42 Å². The highest BCUT2D eigenvalue weighted by atomic mass is 32.2. The first-order valence-electron chi connectivity index (χ1n) is 3.88. The smallest absolute Gasteiger partial charge is 0.254 e. The van der Waals surface area contributed by atoms with Crippen LogP contribution in [0.5, 0.6) is 0 Å². The fraction of sp³-hybridized carbons (Fsp3) is 0.100. The lowest BCUT2D eigenvalue weighted by Gasteiger charge is -1.87. The molecule has 0 atom stereocenters. The summed E-state index contributed by atoms with van der Waals surface area (Å²) < 4.78 is 5.35. The molecule has 13 heavy (non-hydrogen) atoms. The highest BCUT2D eigenvalue weighted by molar-refractivity contribution is 8.13. The number of rotatable bonds is 1. The van der Waals surface area contributed by atoms with Crippen LogP contribution in [0.4, 0.5) is 0 Å². The number of fused-ring (bicyclic) bond motifs is 1. The van der Waals surface area contributed by atoms with E-state index < -0.39 is 0 Å². The van der Waals surface area contributed by atoms with Crippen molar-refractivity contribution in [3.8, 4) is 0 Å². The average Bonchev–Trinajstić information content (AvgIpc) is 2.59. The minimum atomic E-state index is -0.0313. The van der Waals surface area contributed by atoms with Crippen LogP contribution in [0.25, 0.3) is 11.0 Å². The Labute approximate surface area is 79.9 Å². The molecule has 0 N–H and O–H groups in total. The molecule has 2 rings (SSSR count). The summed E-state index contributed by atoms with van der Waals surface area (Å²) in [6, 6.07) is 9.36. The van der Waals surface area contributed by atoms with Gasteiger partial charge in [-0.3, -0.25) is 4.79 Å². The lowest BCUT2D eigenvalue weighted by molar-refractivity contribution is 0.106. The van der Waals surface area contributed by atoms with Crippen molar-refractivity contribution in [1.29, 1.82) is 0 Å². The molecule has 0 unspecified atom stereocenters. The molecule has 0 saturated heterocycles. The number of carbonyl (C=O) groups is 1. The molecule has 0 aliphatic carbocycles. The summed E-state index contributed by atoms with van der Waals surface area (Å²) in [4.78, 5) is 11.3. The van der Waals surface area contributed by atoms with E-state index in [1.807, 2.05) is 24.3 Å². The molecule has 2 nitrogen and oxygen atoms in total. The van der Waals surface area contributed by atoms with Gasteiger partial charge in [-0.25, -0.2) is 0 Å². The molecule has 0 spiro atoms. The molecule has 0 radical (unpaired) electrons. The number of furan rings is 1. The number of carbonyl (C=O) groups excluding carboxylic acids is 1. The van der Waals surface area contributed by atoms with E-state index in [1.165, 1.54) is 0 Å². The first-order valence-corrected chi connectivity index (χ1v) is 5.10. The largest absolute Gasteiger partial charge is 0.452 e. The zero-order valence-electron chi connectivity index (χ0n) is 7.11. The molecule has 66 valence electrons. The molecular weight excluding hydrogens is 184 g/mol. The second-order valence-electron chi connectivity index (χ2n) is 2.64. The van der Waals surface area contributed by atoms with E-state index in [-0.39, 0.29) is 5.12 Å². The van der Waals surface area contributed by atoms with Gasteiger partial charge in [-0.2, -0.15) is 0 Å². The molecule has 0 aliphatic rings. The zero-order valence-corrected chi connectivity index (χ0v) is 7.93. The zero-order chi connectivity index (χ0) is 9.26. The van der Waals surface area contributed by atoms with Gasteiger partial charge in [0.25, 0.3) is 5.12 Å². The van der Waals surface area contributed by atoms with Gasteiger partial charge in [0, 0.05) is 5.39 Å². The first-order chi connectivity index (χ1) is 6.31. The lowest BCUT2D eigenvalue weighted by Crippen LogP contribution is -1.86. The van der Waals surface area contributed by atoms with Crippen LogP contribution in [0.15, 0.2) is 34.7 Å². The van der Waals surface area contributed by atoms with Crippen molar-refractivity contribution in [3.63, 3.8) is 0 Å². The van der Waals surface area contributed by atoms with Crippen LogP contribution < -0.4 is 0 Å². The van der Waals surface area contributed by atoms with Crippen LogP contribution in [0.2, 0.25) is 0 Å². The summed E-state index contributed by atoms with van der Waals surface area (Å²) >= 11 is 1.16. The van der Waals surface area contributed by atoms with Gasteiger partial charge >= 0.3 is 0 Å². The number of benzene rings is 1. The summed E-state index contributed by atoms with van der Waals surface area (Å²) in [5, 5.41) is 0.941. The third-order valence-corrected chi connectivity index (χ3v) is 2.38. The maximum absolute atomic E-state index is 11.3. The summed E-state index contributed by atoms with van der Waals surface area (Å²) in [6.45, 7) is 0.